The highest BCUT2D eigenvalue weighted by Crippen LogP contribution is 2.23. The maximum atomic E-state index is 14.0. The largest absolute Gasteiger partial charge is 0.444 e. The molecule has 0 aromatic heterocycles. The summed E-state index contributed by atoms with van der Waals surface area (Å²) in [5.41, 5.74) is 0.993. The number of nitrogens with zero attached hydrogens (tertiary/aromatic N) is 1. The van der Waals surface area contributed by atoms with Gasteiger partial charge >= 0.3 is 6.09 Å². The minimum absolute atomic E-state index is 0.165. The Morgan fingerprint density at radius 1 is 1.30 bits per heavy atom. The molecule has 1 fully saturated rings. The van der Waals surface area contributed by atoms with Gasteiger partial charge in [-0.05, 0) is 58.6 Å². The highest BCUT2D eigenvalue weighted by Gasteiger charge is 2.25. The van der Waals surface area contributed by atoms with Crippen LogP contribution in [-0.4, -0.2) is 35.7 Å². The van der Waals surface area contributed by atoms with Crippen molar-refractivity contribution in [3.05, 3.63) is 29.6 Å². The molecule has 23 heavy (non-hydrogen) atoms. The second kappa shape index (κ2) is 7.20. The summed E-state index contributed by atoms with van der Waals surface area (Å²) in [5.74, 6) is -0.224. The third-order valence-corrected chi connectivity index (χ3v) is 3.95. The van der Waals surface area contributed by atoms with Crippen molar-refractivity contribution in [3.8, 4) is 0 Å². The molecule has 2 rings (SSSR count). The van der Waals surface area contributed by atoms with Gasteiger partial charge < -0.3 is 15.0 Å². The molecular weight excluding hydrogens is 295 g/mol. The molecule has 1 aromatic carbocycles. The van der Waals surface area contributed by atoms with Crippen LogP contribution in [0.15, 0.2) is 18.2 Å². The number of anilines is 1. The van der Waals surface area contributed by atoms with E-state index in [1.165, 1.54) is 6.07 Å². The molecule has 1 atom stereocenters. The number of rotatable bonds is 2. The van der Waals surface area contributed by atoms with Crippen LogP contribution in [0.25, 0.3) is 0 Å². The number of carbonyl (C=O) groups excluding carboxylic acids is 1. The molecule has 1 aliphatic rings. The van der Waals surface area contributed by atoms with Gasteiger partial charge in [0.1, 0.15) is 11.4 Å². The van der Waals surface area contributed by atoms with Crippen molar-refractivity contribution in [2.75, 3.05) is 18.4 Å². The fraction of sp³-hybridized carbons (Fsp3) is 0.611. The van der Waals surface area contributed by atoms with Crippen molar-refractivity contribution in [2.24, 2.45) is 0 Å². The number of carbonyl (C=O) groups is 1. The first kappa shape index (κ1) is 17.6. The van der Waals surface area contributed by atoms with Crippen molar-refractivity contribution in [1.29, 1.82) is 0 Å². The summed E-state index contributed by atoms with van der Waals surface area (Å²) in [5, 5.41) is 3.31. The molecule has 1 N–H and O–H groups in total. The summed E-state index contributed by atoms with van der Waals surface area (Å²) in [6.45, 7) is 8.81. The molecule has 0 saturated carbocycles. The van der Waals surface area contributed by atoms with Gasteiger partial charge in [0, 0.05) is 19.1 Å². The number of nitrogens with one attached hydrogen (secondary N) is 1. The Morgan fingerprint density at radius 2 is 2.04 bits per heavy atom. The summed E-state index contributed by atoms with van der Waals surface area (Å²) in [6.07, 6.45) is 2.31. The summed E-state index contributed by atoms with van der Waals surface area (Å²) in [4.78, 5) is 13.9. The Morgan fingerprint density at radius 3 is 2.70 bits per heavy atom. The maximum Gasteiger partial charge on any atom is 0.410 e. The van der Waals surface area contributed by atoms with E-state index < -0.39 is 5.60 Å². The SMILES string of the molecule is Cc1cccc(F)c1NC1CCCN(C(=O)OC(C)(C)C)CC1. The molecular formula is C18H27FN2O2. The number of ether oxygens (including phenoxy) is 1. The van der Waals surface area contributed by atoms with Gasteiger partial charge in [-0.15, -0.1) is 0 Å². The Bertz CT molecular complexity index is 534. The molecule has 1 amide bonds. The molecule has 128 valence electrons. The van der Waals surface area contributed by atoms with E-state index in [-0.39, 0.29) is 18.0 Å². The summed E-state index contributed by atoms with van der Waals surface area (Å²) < 4.78 is 19.4. The van der Waals surface area contributed by atoms with Crippen molar-refractivity contribution < 1.29 is 13.9 Å². The molecule has 1 heterocycles. The van der Waals surface area contributed by atoms with Gasteiger partial charge in [-0.3, -0.25) is 0 Å². The molecule has 1 aliphatic heterocycles. The minimum Gasteiger partial charge on any atom is -0.444 e. The summed E-state index contributed by atoms with van der Waals surface area (Å²) in [6, 6.07) is 5.25. The van der Waals surface area contributed by atoms with E-state index in [9.17, 15) is 9.18 Å². The molecule has 0 bridgehead atoms. The lowest BCUT2D eigenvalue weighted by Gasteiger charge is -2.26. The average Bonchev–Trinajstić information content (AvgIpc) is 2.67. The Kier molecular flexibility index (Phi) is 5.50. The first-order chi connectivity index (χ1) is 10.8. The lowest BCUT2D eigenvalue weighted by atomic mass is 10.1. The molecule has 1 aromatic rings. The average molecular weight is 322 g/mol. The molecule has 0 aliphatic carbocycles. The summed E-state index contributed by atoms with van der Waals surface area (Å²) in [7, 11) is 0. The standard InChI is InChI=1S/C18H27FN2O2/c1-13-7-5-9-15(19)16(13)20-14-8-6-11-21(12-10-14)17(22)23-18(2,3)4/h5,7,9,14,20H,6,8,10-12H2,1-4H3. The van der Waals surface area contributed by atoms with Crippen LogP contribution in [0.2, 0.25) is 0 Å². The first-order valence-corrected chi connectivity index (χ1v) is 8.26. The lowest BCUT2D eigenvalue weighted by Crippen LogP contribution is -2.37. The van der Waals surface area contributed by atoms with Crippen LogP contribution in [0, 0.1) is 12.7 Å². The zero-order chi connectivity index (χ0) is 17.0. The number of halogens is 1. The van der Waals surface area contributed by atoms with Gasteiger partial charge in [0.05, 0.1) is 5.69 Å². The number of para-hydroxylation sites is 1. The number of likely N-dealkylation sites (tertiary alicyclic amines) is 1. The van der Waals surface area contributed by atoms with E-state index in [0.717, 1.165) is 24.8 Å². The first-order valence-electron chi connectivity index (χ1n) is 8.26. The van der Waals surface area contributed by atoms with Crippen LogP contribution in [0.4, 0.5) is 14.9 Å². The van der Waals surface area contributed by atoms with Gasteiger partial charge in [0.15, 0.2) is 0 Å². The van der Waals surface area contributed by atoms with Gasteiger partial charge in [-0.25, -0.2) is 9.18 Å². The molecule has 1 unspecified atom stereocenters. The Labute approximate surface area is 138 Å². The van der Waals surface area contributed by atoms with Crippen LogP contribution in [0.5, 0.6) is 0 Å². The van der Waals surface area contributed by atoms with E-state index in [4.69, 9.17) is 4.74 Å². The van der Waals surface area contributed by atoms with Crippen LogP contribution >= 0.6 is 0 Å². The zero-order valence-corrected chi connectivity index (χ0v) is 14.5. The Balaban J connectivity index is 1.95. The molecule has 5 heteroatoms. The van der Waals surface area contributed by atoms with Crippen molar-refractivity contribution in [1.82, 2.24) is 4.90 Å². The van der Waals surface area contributed by atoms with Crippen LogP contribution < -0.4 is 5.32 Å². The van der Waals surface area contributed by atoms with Gasteiger partial charge in [0.25, 0.3) is 0 Å². The predicted octanol–water partition coefficient (Wildman–Crippen LogP) is 4.34. The Hall–Kier alpha value is -1.78. The third kappa shape index (κ3) is 5.12. The molecule has 1 saturated heterocycles. The number of benzene rings is 1. The van der Waals surface area contributed by atoms with E-state index in [2.05, 4.69) is 5.32 Å². The second-order valence-corrected chi connectivity index (χ2v) is 7.17. The third-order valence-electron chi connectivity index (χ3n) is 3.95. The predicted molar refractivity (Wildman–Crippen MR) is 90.2 cm³/mol. The van der Waals surface area contributed by atoms with Crippen LogP contribution in [0.1, 0.15) is 45.6 Å². The van der Waals surface area contributed by atoms with E-state index in [1.807, 2.05) is 33.8 Å². The minimum atomic E-state index is -0.481. The van der Waals surface area contributed by atoms with Crippen LogP contribution in [-0.2, 0) is 4.74 Å². The highest BCUT2D eigenvalue weighted by molar-refractivity contribution is 5.68. The molecule has 4 nitrogen and oxygen atoms in total. The van der Waals surface area contributed by atoms with Crippen LogP contribution in [0.3, 0.4) is 0 Å². The highest BCUT2D eigenvalue weighted by atomic mass is 19.1. The zero-order valence-electron chi connectivity index (χ0n) is 14.5. The number of aryl methyl sites for hydroxylation is 1. The fourth-order valence-corrected chi connectivity index (χ4v) is 2.77. The second-order valence-electron chi connectivity index (χ2n) is 7.17. The quantitative estimate of drug-likeness (QED) is 0.881. The van der Waals surface area contributed by atoms with Gasteiger partial charge in [0.2, 0.25) is 0 Å². The van der Waals surface area contributed by atoms with Crippen molar-refractivity contribution >= 4 is 11.8 Å². The lowest BCUT2D eigenvalue weighted by molar-refractivity contribution is 0.0256. The topological polar surface area (TPSA) is 41.6 Å². The van der Waals surface area contributed by atoms with Gasteiger partial charge in [-0.1, -0.05) is 12.1 Å². The number of hydrogen-bond acceptors (Lipinski definition) is 3. The van der Waals surface area contributed by atoms with E-state index in [1.54, 1.807) is 11.0 Å². The number of hydrogen-bond donors (Lipinski definition) is 1. The summed E-state index contributed by atoms with van der Waals surface area (Å²) >= 11 is 0. The van der Waals surface area contributed by atoms with E-state index in [0.29, 0.717) is 18.8 Å². The molecule has 0 spiro atoms. The van der Waals surface area contributed by atoms with Crippen molar-refractivity contribution in [3.63, 3.8) is 0 Å². The number of amides is 1. The van der Waals surface area contributed by atoms with E-state index >= 15 is 0 Å². The monoisotopic (exact) mass is 322 g/mol. The fourth-order valence-electron chi connectivity index (χ4n) is 2.77. The smallest absolute Gasteiger partial charge is 0.410 e. The van der Waals surface area contributed by atoms with Gasteiger partial charge in [-0.2, -0.15) is 0 Å². The molecule has 0 radical (unpaired) electrons. The van der Waals surface area contributed by atoms with Crippen molar-refractivity contribution in [2.45, 2.75) is 58.6 Å². The normalized spacial score (nSPS) is 19.2. The maximum absolute atomic E-state index is 14.0.